The molecular weight excluding hydrogens is 170 g/mol. The molecule has 1 fully saturated rings. The summed E-state index contributed by atoms with van der Waals surface area (Å²) in [5.41, 5.74) is 2.71. The first-order chi connectivity index (χ1) is 5.88. The van der Waals surface area contributed by atoms with Crippen LogP contribution in [-0.4, -0.2) is 23.4 Å². The number of aliphatic imine (C=N–C) groups is 1. The van der Waals surface area contributed by atoms with E-state index in [1.54, 1.807) is 0 Å². The number of nitrogens with two attached hydrogens (primary N) is 1. The van der Waals surface area contributed by atoms with Crippen LogP contribution < -0.4 is 11.3 Å². The average Bonchev–Trinajstić information content (AvgIpc) is 2.59. The average molecular weight is 187 g/mol. The Labute approximate surface area is 78.2 Å². The van der Waals surface area contributed by atoms with Gasteiger partial charge in [0.2, 0.25) is 0 Å². The molecule has 0 radical (unpaired) electrons. The summed E-state index contributed by atoms with van der Waals surface area (Å²) in [6.45, 7) is 3.01. The lowest BCUT2D eigenvalue weighted by Crippen LogP contribution is -2.37. The fourth-order valence-corrected chi connectivity index (χ4v) is 2.52. The molecule has 0 aromatic carbocycles. The quantitative estimate of drug-likeness (QED) is 0.302. The number of thioether (sulfide) groups is 1. The maximum absolute atomic E-state index is 5.40. The van der Waals surface area contributed by atoms with Gasteiger partial charge in [0, 0.05) is 6.54 Å². The summed E-state index contributed by atoms with van der Waals surface area (Å²) in [6, 6.07) is 0. The van der Waals surface area contributed by atoms with Gasteiger partial charge in [-0.1, -0.05) is 6.92 Å². The third kappa shape index (κ3) is 2.68. The van der Waals surface area contributed by atoms with Crippen molar-refractivity contribution in [3.8, 4) is 0 Å². The molecule has 0 aromatic heterocycles. The molecule has 4 heteroatoms. The highest BCUT2D eigenvalue weighted by atomic mass is 32.2. The van der Waals surface area contributed by atoms with Crippen LogP contribution in [0.2, 0.25) is 0 Å². The van der Waals surface area contributed by atoms with Crippen molar-refractivity contribution < 1.29 is 0 Å². The summed E-state index contributed by atoms with van der Waals surface area (Å²) in [6.07, 6.45) is 3.60. The van der Waals surface area contributed by atoms with Crippen LogP contribution in [0.3, 0.4) is 0 Å². The van der Waals surface area contributed by atoms with Crippen molar-refractivity contribution in [1.82, 2.24) is 5.43 Å². The molecule has 0 bridgehead atoms. The lowest BCUT2D eigenvalue weighted by atomic mass is 10.2. The van der Waals surface area contributed by atoms with E-state index in [-0.39, 0.29) is 0 Å². The topological polar surface area (TPSA) is 50.4 Å². The molecule has 0 saturated carbocycles. The minimum absolute atomic E-state index is 0.529. The zero-order chi connectivity index (χ0) is 8.81. The molecule has 0 spiro atoms. The van der Waals surface area contributed by atoms with E-state index in [1.165, 1.54) is 18.6 Å². The van der Waals surface area contributed by atoms with Crippen LogP contribution in [-0.2, 0) is 0 Å². The van der Waals surface area contributed by atoms with Gasteiger partial charge < -0.3 is 5.43 Å². The Balaban J connectivity index is 2.42. The number of hydrazine groups is 1. The van der Waals surface area contributed by atoms with Gasteiger partial charge in [0.25, 0.3) is 0 Å². The molecule has 12 heavy (non-hydrogen) atoms. The smallest absolute Gasteiger partial charge is 0.124 e. The van der Waals surface area contributed by atoms with Crippen LogP contribution in [0.15, 0.2) is 4.99 Å². The molecule has 0 amide bonds. The number of amidine groups is 1. The number of nitrogens with one attached hydrogen (secondary N) is 1. The molecule has 1 atom stereocenters. The Bertz CT molecular complexity index is 152. The van der Waals surface area contributed by atoms with E-state index in [0.29, 0.717) is 5.25 Å². The standard InChI is InChI=1S/C8H17N3S/c1-2-5-10-8(11-9)7-4-3-6-12-7/h7H,2-6,9H2,1H3,(H,10,11). The summed E-state index contributed by atoms with van der Waals surface area (Å²) >= 11 is 1.95. The number of rotatable bonds is 3. The summed E-state index contributed by atoms with van der Waals surface area (Å²) in [5.74, 6) is 7.63. The zero-order valence-electron chi connectivity index (χ0n) is 7.55. The molecule has 1 aliphatic heterocycles. The summed E-state index contributed by atoms with van der Waals surface area (Å²) < 4.78 is 0. The van der Waals surface area contributed by atoms with E-state index in [1.807, 2.05) is 11.8 Å². The third-order valence-corrected chi connectivity index (χ3v) is 3.27. The summed E-state index contributed by atoms with van der Waals surface area (Å²) in [4.78, 5) is 4.40. The van der Waals surface area contributed by atoms with E-state index < -0.39 is 0 Å². The van der Waals surface area contributed by atoms with Crippen molar-refractivity contribution in [2.75, 3.05) is 12.3 Å². The van der Waals surface area contributed by atoms with E-state index in [2.05, 4.69) is 17.3 Å². The number of nitrogens with zero attached hydrogens (tertiary/aromatic N) is 1. The fraction of sp³-hybridized carbons (Fsp3) is 0.875. The van der Waals surface area contributed by atoms with Gasteiger partial charge in [-0.2, -0.15) is 11.8 Å². The largest absolute Gasteiger partial charge is 0.311 e. The van der Waals surface area contributed by atoms with Crippen LogP contribution in [0, 0.1) is 0 Å². The van der Waals surface area contributed by atoms with Crippen molar-refractivity contribution in [3.05, 3.63) is 0 Å². The second-order valence-corrected chi connectivity index (χ2v) is 4.22. The van der Waals surface area contributed by atoms with Crippen molar-refractivity contribution in [3.63, 3.8) is 0 Å². The maximum atomic E-state index is 5.40. The van der Waals surface area contributed by atoms with Crippen LogP contribution in [0.25, 0.3) is 0 Å². The van der Waals surface area contributed by atoms with Crippen molar-refractivity contribution in [1.29, 1.82) is 0 Å². The van der Waals surface area contributed by atoms with Crippen molar-refractivity contribution >= 4 is 17.6 Å². The van der Waals surface area contributed by atoms with Crippen LogP contribution in [0.1, 0.15) is 26.2 Å². The zero-order valence-corrected chi connectivity index (χ0v) is 8.36. The molecule has 1 saturated heterocycles. The minimum atomic E-state index is 0.529. The molecule has 1 heterocycles. The molecule has 70 valence electrons. The Morgan fingerprint density at radius 2 is 2.58 bits per heavy atom. The first-order valence-corrected chi connectivity index (χ1v) is 5.56. The van der Waals surface area contributed by atoms with Gasteiger partial charge in [-0.3, -0.25) is 4.99 Å². The molecule has 0 aromatic rings. The van der Waals surface area contributed by atoms with Gasteiger partial charge in [0.1, 0.15) is 5.84 Å². The predicted molar refractivity (Wildman–Crippen MR) is 55.4 cm³/mol. The Hall–Kier alpha value is -0.220. The first kappa shape index (κ1) is 9.86. The lowest BCUT2D eigenvalue weighted by molar-refractivity contribution is 0.840. The second kappa shape index (κ2) is 5.43. The molecule has 1 unspecified atom stereocenters. The normalized spacial score (nSPS) is 24.5. The maximum Gasteiger partial charge on any atom is 0.124 e. The Morgan fingerprint density at radius 1 is 1.75 bits per heavy atom. The van der Waals surface area contributed by atoms with Gasteiger partial charge in [-0.15, -0.1) is 0 Å². The van der Waals surface area contributed by atoms with Gasteiger partial charge in [-0.25, -0.2) is 5.84 Å². The summed E-state index contributed by atoms with van der Waals surface area (Å²) in [7, 11) is 0. The lowest BCUT2D eigenvalue weighted by Gasteiger charge is -2.11. The van der Waals surface area contributed by atoms with Crippen LogP contribution in [0.4, 0.5) is 0 Å². The highest BCUT2D eigenvalue weighted by Gasteiger charge is 2.20. The van der Waals surface area contributed by atoms with E-state index in [0.717, 1.165) is 18.8 Å². The van der Waals surface area contributed by atoms with Crippen LogP contribution >= 0.6 is 11.8 Å². The molecule has 3 nitrogen and oxygen atoms in total. The Kier molecular flexibility index (Phi) is 4.46. The molecule has 1 rings (SSSR count). The van der Waals surface area contributed by atoms with E-state index in [9.17, 15) is 0 Å². The SMILES string of the molecule is CCCN=C(NN)C1CCCS1. The molecule has 0 aliphatic carbocycles. The van der Waals surface area contributed by atoms with E-state index in [4.69, 9.17) is 5.84 Å². The highest BCUT2D eigenvalue weighted by molar-refractivity contribution is 8.00. The van der Waals surface area contributed by atoms with Crippen molar-refractivity contribution in [2.24, 2.45) is 10.8 Å². The van der Waals surface area contributed by atoms with Gasteiger partial charge in [0.15, 0.2) is 0 Å². The van der Waals surface area contributed by atoms with Gasteiger partial charge in [0.05, 0.1) is 5.25 Å². The number of hydrogen-bond donors (Lipinski definition) is 2. The first-order valence-electron chi connectivity index (χ1n) is 4.51. The number of hydrogen-bond acceptors (Lipinski definition) is 3. The second-order valence-electron chi connectivity index (χ2n) is 2.91. The van der Waals surface area contributed by atoms with E-state index >= 15 is 0 Å². The van der Waals surface area contributed by atoms with Crippen molar-refractivity contribution in [2.45, 2.75) is 31.4 Å². The highest BCUT2D eigenvalue weighted by Crippen LogP contribution is 2.26. The minimum Gasteiger partial charge on any atom is -0.311 e. The third-order valence-electron chi connectivity index (χ3n) is 1.89. The van der Waals surface area contributed by atoms with Crippen LogP contribution in [0.5, 0.6) is 0 Å². The molecular formula is C8H17N3S. The molecule has 1 aliphatic rings. The Morgan fingerprint density at radius 3 is 3.08 bits per heavy atom. The predicted octanol–water partition coefficient (Wildman–Crippen LogP) is 1.15. The molecule has 3 N–H and O–H groups in total. The fourth-order valence-electron chi connectivity index (χ4n) is 1.27. The van der Waals surface area contributed by atoms with Gasteiger partial charge >= 0.3 is 0 Å². The summed E-state index contributed by atoms with van der Waals surface area (Å²) in [5, 5.41) is 0.529. The monoisotopic (exact) mass is 187 g/mol. The van der Waals surface area contributed by atoms with Gasteiger partial charge in [-0.05, 0) is 25.0 Å².